The van der Waals surface area contributed by atoms with Crippen LogP contribution in [0.2, 0.25) is 0 Å². The average molecular weight is 473 g/mol. The second kappa shape index (κ2) is 13.8. The van der Waals surface area contributed by atoms with Crippen LogP contribution in [-0.2, 0) is 32.0 Å². The number of rotatable bonds is 14. The summed E-state index contributed by atoms with van der Waals surface area (Å²) >= 11 is 0. The number of aromatic hydroxyl groups is 1. The predicted octanol–water partition coefficient (Wildman–Crippen LogP) is 2.06. The van der Waals surface area contributed by atoms with Gasteiger partial charge >= 0.3 is 11.9 Å². The van der Waals surface area contributed by atoms with Crippen LogP contribution in [0, 0.1) is 0 Å². The summed E-state index contributed by atoms with van der Waals surface area (Å²) in [6.45, 7) is 0.328. The van der Waals surface area contributed by atoms with Gasteiger partial charge in [-0.05, 0) is 61.6 Å². The third kappa shape index (κ3) is 8.74. The molecule has 34 heavy (non-hydrogen) atoms. The first kappa shape index (κ1) is 26.7. The fourth-order valence-electron chi connectivity index (χ4n) is 3.50. The molecule has 0 radical (unpaired) electrons. The SMILES string of the molecule is COC(=O)C(CCc1ccccc1)NC(=O)C(CC(=O)O)NCCCc1cc(OC)ccc1O. The smallest absolute Gasteiger partial charge is 0.328 e. The predicted molar refractivity (Wildman–Crippen MR) is 126 cm³/mol. The quantitative estimate of drug-likeness (QED) is 0.242. The lowest BCUT2D eigenvalue weighted by molar-refractivity contribution is -0.145. The molecule has 0 aliphatic rings. The highest BCUT2D eigenvalue weighted by molar-refractivity contribution is 5.90. The summed E-state index contributed by atoms with van der Waals surface area (Å²) in [5.41, 5.74) is 1.69. The Hall–Kier alpha value is -3.59. The monoisotopic (exact) mass is 472 g/mol. The van der Waals surface area contributed by atoms with E-state index < -0.39 is 36.4 Å². The molecule has 1 amide bonds. The van der Waals surface area contributed by atoms with Crippen LogP contribution in [0.25, 0.3) is 0 Å². The van der Waals surface area contributed by atoms with E-state index in [1.807, 2.05) is 30.3 Å². The van der Waals surface area contributed by atoms with Gasteiger partial charge in [-0.2, -0.15) is 0 Å². The largest absolute Gasteiger partial charge is 0.508 e. The third-order valence-corrected chi connectivity index (χ3v) is 5.36. The highest BCUT2D eigenvalue weighted by atomic mass is 16.5. The van der Waals surface area contributed by atoms with Gasteiger partial charge in [-0.3, -0.25) is 9.59 Å². The topological polar surface area (TPSA) is 134 Å². The van der Waals surface area contributed by atoms with Crippen LogP contribution in [-0.4, -0.2) is 60.9 Å². The van der Waals surface area contributed by atoms with E-state index >= 15 is 0 Å². The van der Waals surface area contributed by atoms with E-state index in [2.05, 4.69) is 10.6 Å². The molecule has 2 atom stereocenters. The van der Waals surface area contributed by atoms with Crippen molar-refractivity contribution in [3.8, 4) is 11.5 Å². The molecule has 9 heteroatoms. The van der Waals surface area contributed by atoms with Gasteiger partial charge in [0, 0.05) is 0 Å². The summed E-state index contributed by atoms with van der Waals surface area (Å²) in [5.74, 6) is -1.56. The average Bonchev–Trinajstić information content (AvgIpc) is 2.84. The molecule has 2 rings (SSSR count). The number of carbonyl (C=O) groups excluding carboxylic acids is 2. The van der Waals surface area contributed by atoms with Gasteiger partial charge in [-0.15, -0.1) is 0 Å². The molecule has 0 saturated carbocycles. The number of carbonyl (C=O) groups is 3. The van der Waals surface area contributed by atoms with Crippen LogP contribution in [0.15, 0.2) is 48.5 Å². The van der Waals surface area contributed by atoms with Crippen molar-refractivity contribution in [3.63, 3.8) is 0 Å². The number of carboxylic acid groups (broad SMARTS) is 1. The number of aliphatic carboxylic acids is 1. The number of esters is 1. The van der Waals surface area contributed by atoms with Crippen LogP contribution in [0.1, 0.15) is 30.4 Å². The molecular weight excluding hydrogens is 440 g/mol. The number of benzene rings is 2. The van der Waals surface area contributed by atoms with Gasteiger partial charge in [0.1, 0.15) is 17.5 Å². The second-order valence-corrected chi connectivity index (χ2v) is 7.81. The molecule has 0 saturated heterocycles. The minimum atomic E-state index is -1.14. The molecule has 0 aliphatic heterocycles. The summed E-state index contributed by atoms with van der Waals surface area (Å²) in [7, 11) is 2.78. The first-order valence-corrected chi connectivity index (χ1v) is 11.1. The number of amides is 1. The van der Waals surface area contributed by atoms with Gasteiger partial charge < -0.3 is 30.3 Å². The van der Waals surface area contributed by atoms with Crippen molar-refractivity contribution in [2.75, 3.05) is 20.8 Å². The summed E-state index contributed by atoms with van der Waals surface area (Å²) in [6.07, 6.45) is 1.46. The number of hydrogen-bond acceptors (Lipinski definition) is 7. The fourth-order valence-corrected chi connectivity index (χ4v) is 3.50. The summed E-state index contributed by atoms with van der Waals surface area (Å²) in [4.78, 5) is 36.3. The first-order valence-electron chi connectivity index (χ1n) is 11.1. The molecule has 2 aromatic carbocycles. The molecule has 184 valence electrons. The Morgan fingerprint density at radius 2 is 1.74 bits per heavy atom. The van der Waals surface area contributed by atoms with E-state index in [9.17, 15) is 24.6 Å². The lowest BCUT2D eigenvalue weighted by Gasteiger charge is -2.21. The number of phenols is 1. The van der Waals surface area contributed by atoms with E-state index in [0.717, 1.165) is 5.56 Å². The molecule has 0 fully saturated rings. The Morgan fingerprint density at radius 1 is 1.00 bits per heavy atom. The van der Waals surface area contributed by atoms with Crippen molar-refractivity contribution in [3.05, 3.63) is 59.7 Å². The maximum absolute atomic E-state index is 12.8. The Bertz CT molecular complexity index is 950. The van der Waals surface area contributed by atoms with Crippen LogP contribution >= 0.6 is 0 Å². The summed E-state index contributed by atoms with van der Waals surface area (Å²) in [5, 5.41) is 24.8. The van der Waals surface area contributed by atoms with Crippen molar-refractivity contribution in [1.82, 2.24) is 10.6 Å². The van der Waals surface area contributed by atoms with Crippen molar-refractivity contribution < 1.29 is 34.1 Å². The van der Waals surface area contributed by atoms with E-state index in [-0.39, 0.29) is 5.75 Å². The number of carboxylic acids is 1. The molecule has 9 nitrogen and oxygen atoms in total. The Balaban J connectivity index is 1.95. The van der Waals surface area contributed by atoms with Crippen molar-refractivity contribution in [2.45, 2.75) is 44.2 Å². The molecule has 0 heterocycles. The Labute approximate surface area is 199 Å². The highest BCUT2D eigenvalue weighted by Crippen LogP contribution is 2.23. The molecule has 2 aromatic rings. The number of hydrogen-bond donors (Lipinski definition) is 4. The molecule has 2 unspecified atom stereocenters. The summed E-state index contributed by atoms with van der Waals surface area (Å²) < 4.78 is 9.98. The van der Waals surface area contributed by atoms with Gasteiger partial charge in [0.25, 0.3) is 0 Å². The highest BCUT2D eigenvalue weighted by Gasteiger charge is 2.27. The number of phenolic OH excluding ortho intramolecular Hbond substituents is 1. The Morgan fingerprint density at radius 3 is 2.38 bits per heavy atom. The summed E-state index contributed by atoms with van der Waals surface area (Å²) in [6, 6.07) is 12.5. The number of aryl methyl sites for hydroxylation is 2. The van der Waals surface area contributed by atoms with Crippen molar-refractivity contribution in [2.24, 2.45) is 0 Å². The van der Waals surface area contributed by atoms with Crippen molar-refractivity contribution in [1.29, 1.82) is 0 Å². The maximum Gasteiger partial charge on any atom is 0.328 e. The van der Waals surface area contributed by atoms with E-state index in [0.29, 0.717) is 43.5 Å². The molecule has 0 aliphatic carbocycles. The second-order valence-electron chi connectivity index (χ2n) is 7.81. The lowest BCUT2D eigenvalue weighted by atomic mass is 10.0. The molecule has 0 spiro atoms. The Kier molecular flexibility index (Phi) is 10.9. The van der Waals surface area contributed by atoms with Gasteiger partial charge in [0.15, 0.2) is 0 Å². The number of nitrogens with one attached hydrogen (secondary N) is 2. The van der Waals surface area contributed by atoms with E-state index in [1.165, 1.54) is 14.2 Å². The van der Waals surface area contributed by atoms with Crippen LogP contribution in [0.4, 0.5) is 0 Å². The number of methoxy groups -OCH3 is 2. The fraction of sp³-hybridized carbons (Fsp3) is 0.400. The minimum Gasteiger partial charge on any atom is -0.508 e. The van der Waals surface area contributed by atoms with Gasteiger partial charge in [-0.1, -0.05) is 30.3 Å². The van der Waals surface area contributed by atoms with E-state index in [1.54, 1.807) is 18.2 Å². The standard InChI is InChI=1S/C25H32N2O7/c1-33-19-11-13-22(28)18(15-19)9-6-14-26-21(16-23(29)30)24(31)27-20(25(32)34-2)12-10-17-7-4-3-5-8-17/h3-5,7-8,11,13,15,20-21,26,28H,6,9-10,12,14,16H2,1-2H3,(H,27,31)(H,29,30). The zero-order valence-corrected chi connectivity index (χ0v) is 19.5. The zero-order valence-electron chi connectivity index (χ0n) is 19.5. The molecule has 0 aromatic heterocycles. The lowest BCUT2D eigenvalue weighted by Crippen LogP contribution is -2.51. The molecule has 0 bridgehead atoms. The number of ether oxygens (including phenoxy) is 2. The van der Waals surface area contributed by atoms with Crippen LogP contribution in [0.5, 0.6) is 11.5 Å². The minimum absolute atomic E-state index is 0.139. The molecular formula is C25H32N2O7. The maximum atomic E-state index is 12.8. The molecule has 4 N–H and O–H groups in total. The first-order chi connectivity index (χ1) is 16.3. The normalized spacial score (nSPS) is 12.4. The zero-order chi connectivity index (χ0) is 24.9. The van der Waals surface area contributed by atoms with Gasteiger partial charge in [0.05, 0.1) is 26.7 Å². The van der Waals surface area contributed by atoms with Crippen LogP contribution < -0.4 is 15.4 Å². The van der Waals surface area contributed by atoms with Gasteiger partial charge in [0.2, 0.25) is 5.91 Å². The van der Waals surface area contributed by atoms with E-state index in [4.69, 9.17) is 9.47 Å². The van der Waals surface area contributed by atoms with Gasteiger partial charge in [-0.25, -0.2) is 4.79 Å². The third-order valence-electron chi connectivity index (χ3n) is 5.36. The van der Waals surface area contributed by atoms with Crippen LogP contribution in [0.3, 0.4) is 0 Å². The van der Waals surface area contributed by atoms with Crippen molar-refractivity contribution >= 4 is 17.8 Å².